The number of ether oxygens (including phenoxy) is 1. The zero-order valence-electron chi connectivity index (χ0n) is 12.7. The van der Waals surface area contributed by atoms with Crippen LogP contribution in [-0.4, -0.2) is 47.3 Å². The van der Waals surface area contributed by atoms with E-state index in [1.54, 1.807) is 6.92 Å². The molecule has 10 nitrogen and oxygen atoms in total. The van der Waals surface area contributed by atoms with Crippen LogP contribution in [0.4, 0.5) is 11.4 Å². The zero-order valence-corrected chi connectivity index (χ0v) is 12.7. The SMILES string of the molecule is COC(=O)C(C)CN(C)C(=O)c1cc([N+](=O)[O-])cc([N+](=O)[O-])c1. The lowest BCUT2D eigenvalue weighted by Gasteiger charge is -2.20. The summed E-state index contributed by atoms with van der Waals surface area (Å²) in [6.07, 6.45) is 0. The van der Waals surface area contributed by atoms with Crippen LogP contribution in [0, 0.1) is 26.1 Å². The summed E-state index contributed by atoms with van der Waals surface area (Å²) in [5.41, 5.74) is -1.32. The monoisotopic (exact) mass is 325 g/mol. The summed E-state index contributed by atoms with van der Waals surface area (Å²) in [6.45, 7) is 1.55. The van der Waals surface area contributed by atoms with Crippen molar-refractivity contribution >= 4 is 23.3 Å². The van der Waals surface area contributed by atoms with Crippen LogP contribution in [-0.2, 0) is 9.53 Å². The first-order valence-corrected chi connectivity index (χ1v) is 6.44. The van der Waals surface area contributed by atoms with E-state index in [1.165, 1.54) is 14.2 Å². The van der Waals surface area contributed by atoms with Crippen LogP contribution >= 0.6 is 0 Å². The van der Waals surface area contributed by atoms with Gasteiger partial charge in [0.1, 0.15) is 0 Å². The lowest BCUT2D eigenvalue weighted by Crippen LogP contribution is -2.34. The average molecular weight is 325 g/mol. The Bertz CT molecular complexity index is 627. The molecule has 0 heterocycles. The number of nitro benzene ring substituents is 2. The Kier molecular flexibility index (Phi) is 5.71. The summed E-state index contributed by atoms with van der Waals surface area (Å²) in [5.74, 6) is -1.80. The molecule has 0 aliphatic rings. The molecule has 0 aliphatic carbocycles. The molecule has 124 valence electrons. The van der Waals surface area contributed by atoms with Crippen molar-refractivity contribution < 1.29 is 24.2 Å². The van der Waals surface area contributed by atoms with Gasteiger partial charge in [-0.15, -0.1) is 0 Å². The number of carbonyl (C=O) groups is 2. The zero-order chi connectivity index (χ0) is 17.7. The van der Waals surface area contributed by atoms with Crippen LogP contribution < -0.4 is 0 Å². The molecule has 0 saturated carbocycles. The summed E-state index contributed by atoms with van der Waals surface area (Å²) in [4.78, 5) is 44.8. The van der Waals surface area contributed by atoms with Crippen molar-refractivity contribution in [3.05, 3.63) is 44.0 Å². The number of benzene rings is 1. The number of hydrogen-bond acceptors (Lipinski definition) is 7. The van der Waals surface area contributed by atoms with Gasteiger partial charge in [-0.2, -0.15) is 0 Å². The Morgan fingerprint density at radius 3 is 2.04 bits per heavy atom. The molecule has 0 bridgehead atoms. The minimum Gasteiger partial charge on any atom is -0.469 e. The number of nitrogens with zero attached hydrogens (tertiary/aromatic N) is 3. The molecule has 1 atom stereocenters. The Hall–Kier alpha value is -3.04. The molecule has 1 amide bonds. The molecule has 10 heteroatoms. The maximum atomic E-state index is 12.3. The Morgan fingerprint density at radius 1 is 1.17 bits per heavy atom. The van der Waals surface area contributed by atoms with Gasteiger partial charge >= 0.3 is 5.97 Å². The van der Waals surface area contributed by atoms with Gasteiger partial charge in [0.25, 0.3) is 17.3 Å². The maximum Gasteiger partial charge on any atom is 0.310 e. The molecule has 0 spiro atoms. The molecular weight excluding hydrogens is 310 g/mol. The molecule has 23 heavy (non-hydrogen) atoms. The molecule has 0 fully saturated rings. The number of carbonyl (C=O) groups excluding carboxylic acids is 2. The topological polar surface area (TPSA) is 133 Å². The van der Waals surface area contributed by atoms with E-state index in [9.17, 15) is 29.8 Å². The fourth-order valence-corrected chi connectivity index (χ4v) is 1.92. The highest BCUT2D eigenvalue weighted by atomic mass is 16.6. The van der Waals surface area contributed by atoms with Crippen LogP contribution in [0.3, 0.4) is 0 Å². The van der Waals surface area contributed by atoms with E-state index < -0.39 is 39.0 Å². The second-order valence-electron chi connectivity index (χ2n) is 4.86. The third-order valence-electron chi connectivity index (χ3n) is 3.07. The van der Waals surface area contributed by atoms with Crippen molar-refractivity contribution in [2.24, 2.45) is 5.92 Å². The summed E-state index contributed by atoms with van der Waals surface area (Å²) >= 11 is 0. The molecule has 1 rings (SSSR count). The minimum absolute atomic E-state index is 0.00198. The van der Waals surface area contributed by atoms with Crippen LogP contribution in [0.1, 0.15) is 17.3 Å². The van der Waals surface area contributed by atoms with Gasteiger partial charge in [0, 0.05) is 25.7 Å². The van der Waals surface area contributed by atoms with Crippen molar-refractivity contribution in [1.29, 1.82) is 0 Å². The summed E-state index contributed by atoms with van der Waals surface area (Å²) in [5, 5.41) is 21.6. The Labute approximate surface area is 130 Å². The van der Waals surface area contributed by atoms with Crippen molar-refractivity contribution in [3.8, 4) is 0 Å². The standard InChI is InChI=1S/C13H15N3O7/c1-8(13(18)23-3)7-14(2)12(17)9-4-10(15(19)20)6-11(5-9)16(21)22/h4-6,8H,7H2,1-3H3. The normalized spacial score (nSPS) is 11.4. The van der Waals surface area contributed by atoms with Crippen molar-refractivity contribution in [1.82, 2.24) is 4.90 Å². The van der Waals surface area contributed by atoms with Crippen LogP contribution in [0.2, 0.25) is 0 Å². The Balaban J connectivity index is 3.09. The first kappa shape index (κ1) is 18.0. The van der Waals surface area contributed by atoms with E-state index in [0.29, 0.717) is 0 Å². The molecule has 1 aromatic carbocycles. The molecule has 1 unspecified atom stereocenters. The number of amides is 1. The average Bonchev–Trinajstić information content (AvgIpc) is 2.52. The smallest absolute Gasteiger partial charge is 0.310 e. The van der Waals surface area contributed by atoms with Crippen molar-refractivity contribution in [2.45, 2.75) is 6.92 Å². The molecule has 0 saturated heterocycles. The van der Waals surface area contributed by atoms with Crippen LogP contribution in [0.15, 0.2) is 18.2 Å². The van der Waals surface area contributed by atoms with Crippen molar-refractivity contribution in [2.75, 3.05) is 20.7 Å². The third-order valence-corrected chi connectivity index (χ3v) is 3.07. The third kappa shape index (κ3) is 4.46. The predicted octanol–water partition coefficient (Wildman–Crippen LogP) is 1.38. The van der Waals surface area contributed by atoms with E-state index >= 15 is 0 Å². The molecule has 0 aliphatic heterocycles. The predicted molar refractivity (Wildman–Crippen MR) is 77.9 cm³/mol. The summed E-state index contributed by atoms with van der Waals surface area (Å²) in [7, 11) is 2.59. The van der Waals surface area contributed by atoms with Gasteiger partial charge in [0.05, 0.1) is 34.5 Å². The lowest BCUT2D eigenvalue weighted by molar-refractivity contribution is -0.394. The first-order valence-electron chi connectivity index (χ1n) is 6.44. The van der Waals surface area contributed by atoms with Gasteiger partial charge in [0.15, 0.2) is 0 Å². The van der Waals surface area contributed by atoms with E-state index in [-0.39, 0.29) is 12.1 Å². The molecule has 0 radical (unpaired) electrons. The minimum atomic E-state index is -0.819. The van der Waals surface area contributed by atoms with Gasteiger partial charge in [-0.25, -0.2) is 0 Å². The second-order valence-corrected chi connectivity index (χ2v) is 4.86. The van der Waals surface area contributed by atoms with Gasteiger partial charge < -0.3 is 9.64 Å². The van der Waals surface area contributed by atoms with Gasteiger partial charge in [-0.1, -0.05) is 6.92 Å². The van der Waals surface area contributed by atoms with Gasteiger partial charge in [-0.3, -0.25) is 29.8 Å². The first-order chi connectivity index (χ1) is 10.7. The number of nitro groups is 2. The molecule has 0 aromatic heterocycles. The fraction of sp³-hybridized carbons (Fsp3) is 0.385. The molecular formula is C13H15N3O7. The summed E-state index contributed by atoms with van der Waals surface area (Å²) < 4.78 is 4.54. The van der Waals surface area contributed by atoms with E-state index in [2.05, 4.69) is 4.74 Å². The highest BCUT2D eigenvalue weighted by molar-refractivity contribution is 5.95. The van der Waals surface area contributed by atoms with Crippen LogP contribution in [0.25, 0.3) is 0 Å². The highest BCUT2D eigenvalue weighted by Gasteiger charge is 2.24. The Morgan fingerprint density at radius 2 is 1.65 bits per heavy atom. The van der Waals surface area contributed by atoms with E-state index in [0.717, 1.165) is 23.1 Å². The number of rotatable bonds is 6. The van der Waals surface area contributed by atoms with Crippen molar-refractivity contribution in [3.63, 3.8) is 0 Å². The summed E-state index contributed by atoms with van der Waals surface area (Å²) in [6, 6.07) is 2.68. The fourth-order valence-electron chi connectivity index (χ4n) is 1.92. The molecule has 0 N–H and O–H groups in total. The quantitative estimate of drug-likeness (QED) is 0.438. The largest absolute Gasteiger partial charge is 0.469 e. The molecule has 1 aromatic rings. The van der Waals surface area contributed by atoms with Crippen LogP contribution in [0.5, 0.6) is 0 Å². The van der Waals surface area contributed by atoms with E-state index in [1.807, 2.05) is 0 Å². The number of esters is 1. The number of methoxy groups -OCH3 is 1. The van der Waals surface area contributed by atoms with Gasteiger partial charge in [-0.05, 0) is 0 Å². The maximum absolute atomic E-state index is 12.3. The highest BCUT2D eigenvalue weighted by Crippen LogP contribution is 2.23. The van der Waals surface area contributed by atoms with E-state index in [4.69, 9.17) is 0 Å². The lowest BCUT2D eigenvalue weighted by atomic mass is 10.1. The number of non-ortho nitro benzene ring substituents is 2. The van der Waals surface area contributed by atoms with Gasteiger partial charge in [0.2, 0.25) is 0 Å². The number of hydrogen-bond donors (Lipinski definition) is 0. The second kappa shape index (κ2) is 7.29.